The third kappa shape index (κ3) is 5.34. The Bertz CT molecular complexity index is 1030. The molecule has 1 aromatic heterocycles. The highest BCUT2D eigenvalue weighted by Gasteiger charge is 2.33. The fraction of sp³-hybridized carbons (Fsp3) is 0.476. The predicted octanol–water partition coefficient (Wildman–Crippen LogP) is 3.22. The second-order valence-electron chi connectivity index (χ2n) is 8.62. The maximum atomic E-state index is 12.2. The monoisotopic (exact) mass is 445 g/mol. The normalized spacial score (nSPS) is 18.0. The van der Waals surface area contributed by atoms with Crippen molar-refractivity contribution in [3.63, 3.8) is 0 Å². The molecule has 1 aromatic carbocycles. The van der Waals surface area contributed by atoms with Gasteiger partial charge in [-0.3, -0.25) is 4.79 Å². The van der Waals surface area contributed by atoms with E-state index >= 15 is 0 Å². The number of carbonyl (C=O) groups excluding carboxylic acids is 2. The smallest absolute Gasteiger partial charge is 0.408 e. The van der Waals surface area contributed by atoms with E-state index in [1.807, 2.05) is 6.92 Å². The van der Waals surface area contributed by atoms with Crippen molar-refractivity contribution in [2.45, 2.75) is 65.3 Å². The number of carboxylic acid groups (broad SMARTS) is 1. The van der Waals surface area contributed by atoms with E-state index in [0.29, 0.717) is 23.2 Å². The molecule has 3 N–H and O–H groups in total. The Morgan fingerprint density at radius 3 is 2.66 bits per heavy atom. The number of hydrogen-bond acceptors (Lipinski definition) is 7. The molecule has 3 amide bonds. The van der Waals surface area contributed by atoms with Crippen LogP contribution in [0.4, 0.5) is 15.3 Å². The molecule has 0 fully saturated rings. The van der Waals surface area contributed by atoms with Gasteiger partial charge in [0.05, 0.1) is 12.6 Å². The van der Waals surface area contributed by atoms with Crippen molar-refractivity contribution in [1.82, 2.24) is 20.8 Å². The largest absolute Gasteiger partial charge is 0.465 e. The number of benzene rings is 1. The molecular formula is C21H27N5O6. The number of anilines is 1. The minimum atomic E-state index is -1.15. The number of aromatic nitrogens is 2. The molecule has 11 heteroatoms. The first kappa shape index (κ1) is 23.0. The summed E-state index contributed by atoms with van der Waals surface area (Å²) >= 11 is 0. The molecule has 0 saturated heterocycles. The van der Waals surface area contributed by atoms with Gasteiger partial charge in [0, 0.05) is 24.2 Å². The number of fused-ring (bicyclic) bond motifs is 1. The second kappa shape index (κ2) is 8.85. The van der Waals surface area contributed by atoms with Gasteiger partial charge in [-0.25, -0.2) is 9.59 Å². The number of rotatable bonds is 4. The zero-order chi connectivity index (χ0) is 23.6. The molecule has 1 aliphatic rings. The molecule has 0 bridgehead atoms. The summed E-state index contributed by atoms with van der Waals surface area (Å²) < 4.78 is 10.5. The quantitative estimate of drug-likeness (QED) is 0.650. The first-order chi connectivity index (χ1) is 14.9. The molecular weight excluding hydrogens is 418 g/mol. The van der Waals surface area contributed by atoms with Gasteiger partial charge in [-0.15, -0.1) is 0 Å². The average Bonchev–Trinajstić information content (AvgIpc) is 3.13. The number of carbonyl (C=O) groups is 3. The molecule has 2 atom stereocenters. The molecule has 1 aliphatic heterocycles. The molecule has 0 unspecified atom stereocenters. The number of alkyl carbamates (subject to hydrolysis) is 1. The van der Waals surface area contributed by atoms with Crippen LogP contribution in [0.25, 0.3) is 11.5 Å². The molecule has 2 aromatic rings. The van der Waals surface area contributed by atoms with Crippen molar-refractivity contribution in [3.8, 4) is 11.5 Å². The van der Waals surface area contributed by atoms with Crippen molar-refractivity contribution < 1.29 is 28.8 Å². The summed E-state index contributed by atoms with van der Waals surface area (Å²) in [6.07, 6.45) is -1.32. The van der Waals surface area contributed by atoms with Gasteiger partial charge >= 0.3 is 12.2 Å². The van der Waals surface area contributed by atoms with Gasteiger partial charge in [-0.2, -0.15) is 4.98 Å². The first-order valence-corrected chi connectivity index (χ1v) is 10.2. The van der Waals surface area contributed by atoms with E-state index in [-0.39, 0.29) is 30.2 Å². The summed E-state index contributed by atoms with van der Waals surface area (Å²) in [7, 11) is 0. The van der Waals surface area contributed by atoms with Crippen LogP contribution in [0.15, 0.2) is 22.7 Å². The van der Waals surface area contributed by atoms with Crippen LogP contribution in [0.1, 0.15) is 58.5 Å². The zero-order valence-corrected chi connectivity index (χ0v) is 18.6. The fourth-order valence-electron chi connectivity index (χ4n) is 3.67. The minimum absolute atomic E-state index is 0.0160. The van der Waals surface area contributed by atoms with Gasteiger partial charge in [0.15, 0.2) is 5.82 Å². The highest BCUT2D eigenvalue weighted by Crippen LogP contribution is 2.39. The Labute approximate surface area is 185 Å². The van der Waals surface area contributed by atoms with Crippen LogP contribution in [0.5, 0.6) is 0 Å². The lowest BCUT2D eigenvalue weighted by Crippen LogP contribution is -2.45. The van der Waals surface area contributed by atoms with Crippen molar-refractivity contribution in [2.75, 3.05) is 4.90 Å². The predicted molar refractivity (Wildman–Crippen MR) is 114 cm³/mol. The van der Waals surface area contributed by atoms with Gasteiger partial charge < -0.3 is 29.9 Å². The van der Waals surface area contributed by atoms with E-state index in [2.05, 4.69) is 20.8 Å². The average molecular weight is 445 g/mol. The number of amides is 3. The molecule has 0 aliphatic carbocycles. The summed E-state index contributed by atoms with van der Waals surface area (Å²) in [5, 5.41) is 18.2. The van der Waals surface area contributed by atoms with Gasteiger partial charge in [-0.05, 0) is 57.9 Å². The molecule has 11 nitrogen and oxygen atoms in total. The molecule has 32 heavy (non-hydrogen) atoms. The fourth-order valence-corrected chi connectivity index (χ4v) is 3.67. The van der Waals surface area contributed by atoms with E-state index in [9.17, 15) is 19.5 Å². The topological polar surface area (TPSA) is 147 Å². The minimum Gasteiger partial charge on any atom is -0.465 e. The van der Waals surface area contributed by atoms with Crippen LogP contribution in [-0.2, 0) is 16.1 Å². The van der Waals surface area contributed by atoms with Crippen LogP contribution in [0.3, 0.4) is 0 Å². The number of nitrogens with zero attached hydrogens (tertiary/aromatic N) is 3. The molecule has 0 saturated carbocycles. The van der Waals surface area contributed by atoms with Crippen LogP contribution in [0, 0.1) is 0 Å². The Morgan fingerprint density at radius 1 is 1.31 bits per heavy atom. The molecule has 172 valence electrons. The van der Waals surface area contributed by atoms with Crippen LogP contribution >= 0.6 is 0 Å². The summed E-state index contributed by atoms with van der Waals surface area (Å²) in [5.41, 5.74) is 1.21. The number of nitrogens with one attached hydrogen (secondary N) is 2. The van der Waals surface area contributed by atoms with E-state index in [4.69, 9.17) is 9.26 Å². The Hall–Kier alpha value is -3.63. The lowest BCUT2D eigenvalue weighted by molar-refractivity contribution is -0.117. The molecule has 3 rings (SSSR count). The summed E-state index contributed by atoms with van der Waals surface area (Å²) in [4.78, 5) is 41.2. The van der Waals surface area contributed by atoms with E-state index in [0.717, 1.165) is 0 Å². The summed E-state index contributed by atoms with van der Waals surface area (Å²) in [6.45, 7) is 8.64. The second-order valence-corrected chi connectivity index (χ2v) is 8.62. The molecule has 2 heterocycles. The van der Waals surface area contributed by atoms with Crippen molar-refractivity contribution in [3.05, 3.63) is 29.6 Å². The highest BCUT2D eigenvalue weighted by atomic mass is 16.6. The van der Waals surface area contributed by atoms with Gasteiger partial charge in [0.2, 0.25) is 5.91 Å². The molecule has 0 spiro atoms. The van der Waals surface area contributed by atoms with E-state index in [1.165, 1.54) is 6.92 Å². The maximum Gasteiger partial charge on any atom is 0.408 e. The third-order valence-corrected chi connectivity index (χ3v) is 4.82. The highest BCUT2D eigenvalue weighted by molar-refractivity contribution is 5.94. The van der Waals surface area contributed by atoms with Crippen molar-refractivity contribution in [2.24, 2.45) is 0 Å². The van der Waals surface area contributed by atoms with Gasteiger partial charge in [0.1, 0.15) is 5.60 Å². The number of ether oxygens (including phenoxy) is 1. The first-order valence-electron chi connectivity index (χ1n) is 10.2. The number of hydrogen-bond donors (Lipinski definition) is 3. The lowest BCUT2D eigenvalue weighted by atomic mass is 9.90. The van der Waals surface area contributed by atoms with Gasteiger partial charge in [-0.1, -0.05) is 5.16 Å². The SMILES string of the molecule is CC(=O)N1c2ccc(-c3nc(CNC(=O)OC(C)(C)C)no3)cc2[C@H](NC(=O)O)C[C@@H]1C. The summed E-state index contributed by atoms with van der Waals surface area (Å²) in [5.74, 6) is 0.326. The maximum absolute atomic E-state index is 12.2. The van der Waals surface area contributed by atoms with E-state index in [1.54, 1.807) is 43.9 Å². The Balaban J connectivity index is 1.84. The Morgan fingerprint density at radius 2 is 2.03 bits per heavy atom. The third-order valence-electron chi connectivity index (χ3n) is 4.82. The summed E-state index contributed by atoms with van der Waals surface area (Å²) in [6, 6.07) is 4.53. The van der Waals surface area contributed by atoms with Crippen molar-refractivity contribution >= 4 is 23.8 Å². The zero-order valence-electron chi connectivity index (χ0n) is 18.6. The standard InChI is InChI=1S/C21H27N5O6/c1-11-8-15(23-19(28)29)14-9-13(6-7-16(14)26(11)12(2)27)18-24-17(25-32-18)10-22-20(30)31-21(3,4)5/h6-7,9,11,15,23H,8,10H2,1-5H3,(H,22,30)(H,28,29)/t11-,15+/m0/s1. The van der Waals surface area contributed by atoms with E-state index < -0.39 is 23.8 Å². The molecule has 0 radical (unpaired) electrons. The van der Waals surface area contributed by atoms with Crippen LogP contribution < -0.4 is 15.5 Å². The van der Waals surface area contributed by atoms with Crippen LogP contribution in [0.2, 0.25) is 0 Å². The Kier molecular flexibility index (Phi) is 6.37. The van der Waals surface area contributed by atoms with Crippen molar-refractivity contribution in [1.29, 1.82) is 0 Å². The van der Waals surface area contributed by atoms with Gasteiger partial charge in [0.25, 0.3) is 5.89 Å². The van der Waals surface area contributed by atoms with Crippen LogP contribution in [-0.4, -0.2) is 45.0 Å². The lowest BCUT2D eigenvalue weighted by Gasteiger charge is -2.38.